The molecule has 2 aliphatic rings. The second kappa shape index (κ2) is 5.72. The van der Waals surface area contributed by atoms with Crippen molar-refractivity contribution in [2.45, 2.75) is 49.7 Å². The number of nitrogens with zero attached hydrogens (tertiary/aromatic N) is 2. The number of sulfonamides is 1. The van der Waals surface area contributed by atoms with Crippen molar-refractivity contribution in [3.05, 3.63) is 18.0 Å². The number of aromatic nitrogens is 1. The van der Waals surface area contributed by atoms with Gasteiger partial charge in [0.15, 0.2) is 0 Å². The van der Waals surface area contributed by atoms with Crippen molar-refractivity contribution in [2.24, 2.45) is 5.73 Å². The van der Waals surface area contributed by atoms with Gasteiger partial charge in [0.2, 0.25) is 10.0 Å². The van der Waals surface area contributed by atoms with E-state index < -0.39 is 10.0 Å². The van der Waals surface area contributed by atoms with Crippen molar-refractivity contribution in [1.82, 2.24) is 8.87 Å². The third-order valence-corrected chi connectivity index (χ3v) is 6.22. The molecule has 0 spiro atoms. The molecule has 1 aromatic heterocycles. The van der Waals surface area contributed by atoms with Crippen LogP contribution in [0, 0.1) is 0 Å². The van der Waals surface area contributed by atoms with Gasteiger partial charge in [0, 0.05) is 37.1 Å². The van der Waals surface area contributed by atoms with Crippen molar-refractivity contribution in [3.63, 3.8) is 0 Å². The summed E-state index contributed by atoms with van der Waals surface area (Å²) in [6.07, 6.45) is 4.73. The Morgan fingerprint density at radius 2 is 2.19 bits per heavy atom. The molecular formula is C14H23N3O3S. The molecule has 2 N–H and O–H groups in total. The minimum Gasteiger partial charge on any atom is -0.378 e. The van der Waals surface area contributed by atoms with Crippen LogP contribution in [0.1, 0.15) is 37.9 Å². The van der Waals surface area contributed by atoms with Crippen LogP contribution in [0.15, 0.2) is 17.2 Å². The number of morpholine rings is 1. The Labute approximate surface area is 125 Å². The Morgan fingerprint density at radius 1 is 1.43 bits per heavy atom. The zero-order chi connectivity index (χ0) is 15.0. The first-order chi connectivity index (χ1) is 10.1. The molecule has 1 aliphatic carbocycles. The standard InChI is InChI=1S/C14H23N3O3S/c1-2-11-10-20-6-5-17(11)21(18,19)14-7-13(8-15)16(9-14)12-3-4-12/h7,9,11-12H,2-6,8,10,15H2,1H3. The smallest absolute Gasteiger partial charge is 0.245 e. The number of ether oxygens (including phenoxy) is 1. The lowest BCUT2D eigenvalue weighted by molar-refractivity contribution is 0.0314. The molecule has 0 aromatic carbocycles. The summed E-state index contributed by atoms with van der Waals surface area (Å²) in [5.74, 6) is 0. The van der Waals surface area contributed by atoms with Crippen LogP contribution in [-0.2, 0) is 21.3 Å². The Bertz CT molecular complexity index is 607. The lowest BCUT2D eigenvalue weighted by atomic mass is 10.2. The summed E-state index contributed by atoms with van der Waals surface area (Å²) in [5, 5.41) is 0. The molecule has 1 aliphatic heterocycles. The monoisotopic (exact) mass is 313 g/mol. The van der Waals surface area contributed by atoms with E-state index in [0.29, 0.717) is 37.2 Å². The Hall–Kier alpha value is -0.890. The topological polar surface area (TPSA) is 77.6 Å². The van der Waals surface area contributed by atoms with Gasteiger partial charge in [-0.2, -0.15) is 4.31 Å². The lowest BCUT2D eigenvalue weighted by Gasteiger charge is -2.33. The zero-order valence-electron chi connectivity index (χ0n) is 12.4. The maximum atomic E-state index is 12.9. The first kappa shape index (κ1) is 15.0. The van der Waals surface area contributed by atoms with Gasteiger partial charge in [-0.25, -0.2) is 8.42 Å². The molecule has 21 heavy (non-hydrogen) atoms. The van der Waals surface area contributed by atoms with Crippen molar-refractivity contribution < 1.29 is 13.2 Å². The normalized spacial score (nSPS) is 24.4. The van der Waals surface area contributed by atoms with Gasteiger partial charge in [0.05, 0.1) is 13.2 Å². The Kier molecular flexibility index (Phi) is 4.09. The minimum atomic E-state index is -3.46. The number of nitrogens with two attached hydrogens (primary N) is 1. The van der Waals surface area contributed by atoms with E-state index >= 15 is 0 Å². The second-order valence-corrected chi connectivity index (χ2v) is 7.65. The van der Waals surface area contributed by atoms with Gasteiger partial charge in [-0.05, 0) is 25.3 Å². The van der Waals surface area contributed by atoms with E-state index in [1.807, 2.05) is 11.5 Å². The molecule has 0 bridgehead atoms. The van der Waals surface area contributed by atoms with Gasteiger partial charge >= 0.3 is 0 Å². The van der Waals surface area contributed by atoms with E-state index in [4.69, 9.17) is 10.5 Å². The molecule has 6 nitrogen and oxygen atoms in total. The molecule has 0 amide bonds. The molecule has 2 heterocycles. The van der Waals surface area contributed by atoms with Crippen LogP contribution < -0.4 is 5.73 Å². The second-order valence-electron chi connectivity index (χ2n) is 5.76. The van der Waals surface area contributed by atoms with Crippen molar-refractivity contribution in [1.29, 1.82) is 0 Å². The average molecular weight is 313 g/mol. The molecule has 0 radical (unpaired) electrons. The summed E-state index contributed by atoms with van der Waals surface area (Å²) < 4.78 is 34.8. The van der Waals surface area contributed by atoms with E-state index in [2.05, 4.69) is 0 Å². The van der Waals surface area contributed by atoms with Crippen LogP contribution in [-0.4, -0.2) is 43.1 Å². The van der Waals surface area contributed by atoms with Gasteiger partial charge < -0.3 is 15.0 Å². The third kappa shape index (κ3) is 2.75. The van der Waals surface area contributed by atoms with E-state index in [0.717, 1.165) is 25.0 Å². The molecule has 7 heteroatoms. The Morgan fingerprint density at radius 3 is 2.81 bits per heavy atom. The van der Waals surface area contributed by atoms with Gasteiger partial charge in [-0.3, -0.25) is 0 Å². The van der Waals surface area contributed by atoms with Crippen LogP contribution in [0.3, 0.4) is 0 Å². The first-order valence-electron chi connectivity index (χ1n) is 7.58. The van der Waals surface area contributed by atoms with Crippen LogP contribution >= 0.6 is 0 Å². The molecule has 1 saturated heterocycles. The molecule has 1 aromatic rings. The fraction of sp³-hybridized carbons (Fsp3) is 0.714. The van der Waals surface area contributed by atoms with Crippen LogP contribution in [0.25, 0.3) is 0 Å². The van der Waals surface area contributed by atoms with Crippen LogP contribution in [0.5, 0.6) is 0 Å². The highest BCUT2D eigenvalue weighted by molar-refractivity contribution is 7.89. The van der Waals surface area contributed by atoms with E-state index in [1.165, 1.54) is 0 Å². The zero-order valence-corrected chi connectivity index (χ0v) is 13.2. The highest BCUT2D eigenvalue weighted by Crippen LogP contribution is 2.37. The summed E-state index contributed by atoms with van der Waals surface area (Å²) in [6, 6.07) is 2.09. The molecule has 1 saturated carbocycles. The van der Waals surface area contributed by atoms with Gasteiger partial charge in [-0.15, -0.1) is 0 Å². The Balaban J connectivity index is 1.93. The summed E-state index contributed by atoms with van der Waals surface area (Å²) in [5.41, 5.74) is 6.66. The maximum absolute atomic E-state index is 12.9. The summed E-state index contributed by atoms with van der Waals surface area (Å²) >= 11 is 0. The maximum Gasteiger partial charge on any atom is 0.245 e. The lowest BCUT2D eigenvalue weighted by Crippen LogP contribution is -2.48. The number of hydrogen-bond acceptors (Lipinski definition) is 4. The highest BCUT2D eigenvalue weighted by Gasteiger charge is 2.35. The van der Waals surface area contributed by atoms with Crippen molar-refractivity contribution in [2.75, 3.05) is 19.8 Å². The predicted octanol–water partition coefficient (Wildman–Crippen LogP) is 1.08. The highest BCUT2D eigenvalue weighted by atomic mass is 32.2. The fourth-order valence-electron chi connectivity index (χ4n) is 2.91. The van der Waals surface area contributed by atoms with Crippen molar-refractivity contribution in [3.8, 4) is 0 Å². The quantitative estimate of drug-likeness (QED) is 0.882. The molecular weight excluding hydrogens is 290 g/mol. The molecule has 118 valence electrons. The SMILES string of the molecule is CCC1COCCN1S(=O)(=O)c1cc(CN)n(C2CC2)c1. The molecule has 3 rings (SSSR count). The minimum absolute atomic E-state index is 0.0747. The first-order valence-corrected chi connectivity index (χ1v) is 9.02. The largest absolute Gasteiger partial charge is 0.378 e. The van der Waals surface area contributed by atoms with Gasteiger partial charge in [-0.1, -0.05) is 6.92 Å². The fourth-order valence-corrected chi connectivity index (χ4v) is 4.63. The van der Waals surface area contributed by atoms with Crippen LogP contribution in [0.4, 0.5) is 0 Å². The van der Waals surface area contributed by atoms with E-state index in [-0.39, 0.29) is 6.04 Å². The van der Waals surface area contributed by atoms with Crippen molar-refractivity contribution >= 4 is 10.0 Å². The summed E-state index contributed by atoms with van der Waals surface area (Å²) in [4.78, 5) is 0.371. The van der Waals surface area contributed by atoms with Gasteiger partial charge in [0.1, 0.15) is 4.90 Å². The van der Waals surface area contributed by atoms with E-state index in [9.17, 15) is 8.42 Å². The summed E-state index contributed by atoms with van der Waals surface area (Å²) in [6.45, 7) is 3.72. The molecule has 1 unspecified atom stereocenters. The van der Waals surface area contributed by atoms with E-state index in [1.54, 1.807) is 16.6 Å². The third-order valence-electron chi connectivity index (χ3n) is 4.31. The number of rotatable bonds is 5. The average Bonchev–Trinajstić information content (AvgIpc) is 3.25. The summed E-state index contributed by atoms with van der Waals surface area (Å²) in [7, 11) is -3.46. The molecule has 1 atom stereocenters. The number of hydrogen-bond donors (Lipinski definition) is 1. The van der Waals surface area contributed by atoms with Gasteiger partial charge in [0.25, 0.3) is 0 Å². The predicted molar refractivity (Wildman–Crippen MR) is 79.4 cm³/mol. The molecule has 2 fully saturated rings. The van der Waals surface area contributed by atoms with Crippen LogP contribution in [0.2, 0.25) is 0 Å².